The summed E-state index contributed by atoms with van der Waals surface area (Å²) in [6, 6.07) is 0. The van der Waals surface area contributed by atoms with E-state index in [1.807, 2.05) is 0 Å². The van der Waals surface area contributed by atoms with Crippen LogP contribution >= 0.6 is 0 Å². The van der Waals surface area contributed by atoms with Crippen molar-refractivity contribution in [1.29, 1.82) is 0 Å². The van der Waals surface area contributed by atoms with Crippen molar-refractivity contribution in [3.05, 3.63) is 27.8 Å². The Morgan fingerprint density at radius 2 is 1.80 bits per heavy atom. The van der Waals surface area contributed by atoms with Crippen LogP contribution in [-0.4, -0.2) is 0 Å². The first-order valence-corrected chi connectivity index (χ1v) is 6.08. The van der Waals surface area contributed by atoms with Crippen molar-refractivity contribution in [1.82, 2.24) is 0 Å². The van der Waals surface area contributed by atoms with E-state index in [0.717, 1.165) is 0 Å². The number of fused-ring (bicyclic) bond motifs is 1. The van der Waals surface area contributed by atoms with Crippen LogP contribution in [-0.2, 0) is 47.4 Å². The summed E-state index contributed by atoms with van der Waals surface area (Å²) in [6.45, 7) is 6.94. The Labute approximate surface area is 109 Å². The minimum Gasteiger partial charge on any atom is -0.195 e. The van der Waals surface area contributed by atoms with Crippen molar-refractivity contribution >= 4 is 0 Å². The van der Waals surface area contributed by atoms with Gasteiger partial charge in [0, 0.05) is 0 Å². The normalized spacial score (nSPS) is 14.6. The summed E-state index contributed by atoms with van der Waals surface area (Å²) in [5.41, 5.74) is 8.43. The summed E-state index contributed by atoms with van der Waals surface area (Å²) in [5, 5.41) is 0. The summed E-state index contributed by atoms with van der Waals surface area (Å²) in [7, 11) is 0. The minimum absolute atomic E-state index is 0. The molecule has 15 heavy (non-hydrogen) atoms. The van der Waals surface area contributed by atoms with Gasteiger partial charge in [-0.15, -0.1) is 0 Å². The zero-order valence-electron chi connectivity index (χ0n) is 10.2. The minimum atomic E-state index is 0. The quantitative estimate of drug-likeness (QED) is 0.543. The van der Waals surface area contributed by atoms with Crippen LogP contribution in [0.4, 0.5) is 0 Å². The van der Waals surface area contributed by atoms with E-state index in [0.29, 0.717) is 0 Å². The van der Waals surface area contributed by atoms with Gasteiger partial charge in [-0.1, -0.05) is 59.3 Å². The fourth-order valence-electron chi connectivity index (χ4n) is 3.15. The van der Waals surface area contributed by atoms with Gasteiger partial charge in [0.25, 0.3) is 0 Å². The van der Waals surface area contributed by atoms with Crippen molar-refractivity contribution in [3.8, 4) is 0 Å². The van der Waals surface area contributed by atoms with Gasteiger partial charge < -0.3 is 0 Å². The standard InChI is InChI=1S/C14H21.Ti/c1-4-11-10(3)13-8-6-7-9-14(13)12(11)5-2;/h4-9H2,1-3H3;/q-1;+2. The molecule has 80 valence electrons. The molecule has 2 rings (SSSR count). The van der Waals surface area contributed by atoms with Crippen LogP contribution in [0.15, 0.2) is 0 Å². The predicted octanol–water partition coefficient (Wildman–Crippen LogP) is 3.72. The molecule has 0 heterocycles. The van der Waals surface area contributed by atoms with E-state index in [4.69, 9.17) is 0 Å². The second-order valence-electron chi connectivity index (χ2n) is 4.45. The van der Waals surface area contributed by atoms with Gasteiger partial charge in [0.05, 0.1) is 0 Å². The first-order chi connectivity index (χ1) is 6.79. The molecule has 1 heteroatoms. The molecule has 0 spiro atoms. The maximum Gasteiger partial charge on any atom is 2.00 e. The zero-order chi connectivity index (χ0) is 10.1. The van der Waals surface area contributed by atoms with Crippen molar-refractivity contribution < 1.29 is 21.7 Å². The van der Waals surface area contributed by atoms with E-state index < -0.39 is 0 Å². The van der Waals surface area contributed by atoms with Gasteiger partial charge in [-0.3, -0.25) is 0 Å². The Bertz CT molecular complexity index is 320. The fourth-order valence-corrected chi connectivity index (χ4v) is 3.15. The van der Waals surface area contributed by atoms with Gasteiger partial charge in [-0.05, 0) is 0 Å². The van der Waals surface area contributed by atoms with E-state index in [2.05, 4.69) is 20.8 Å². The molecule has 0 aliphatic heterocycles. The van der Waals surface area contributed by atoms with Crippen molar-refractivity contribution in [3.63, 3.8) is 0 Å². The number of rotatable bonds is 2. The Morgan fingerprint density at radius 1 is 1.13 bits per heavy atom. The maximum absolute atomic E-state index is 2.34. The molecule has 0 aromatic heterocycles. The Morgan fingerprint density at radius 3 is 2.40 bits per heavy atom. The van der Waals surface area contributed by atoms with Gasteiger partial charge >= 0.3 is 21.7 Å². The van der Waals surface area contributed by atoms with E-state index in [1.54, 1.807) is 27.8 Å². The van der Waals surface area contributed by atoms with Crippen LogP contribution in [0, 0.1) is 6.92 Å². The predicted molar refractivity (Wildman–Crippen MR) is 62.2 cm³/mol. The van der Waals surface area contributed by atoms with E-state index in [-0.39, 0.29) is 21.7 Å². The van der Waals surface area contributed by atoms with Gasteiger partial charge in [0.2, 0.25) is 0 Å². The molecule has 0 saturated heterocycles. The van der Waals surface area contributed by atoms with Crippen LogP contribution in [0.3, 0.4) is 0 Å². The van der Waals surface area contributed by atoms with Crippen molar-refractivity contribution in [2.45, 2.75) is 59.3 Å². The van der Waals surface area contributed by atoms with Crippen molar-refractivity contribution in [2.75, 3.05) is 0 Å². The summed E-state index contributed by atoms with van der Waals surface area (Å²) in [6.07, 6.45) is 7.96. The third-order valence-corrected chi connectivity index (χ3v) is 3.81. The zero-order valence-corrected chi connectivity index (χ0v) is 11.8. The second-order valence-corrected chi connectivity index (χ2v) is 4.45. The molecule has 0 saturated carbocycles. The Hall–Kier alpha value is 0.0643. The smallest absolute Gasteiger partial charge is 0.195 e. The molecule has 0 unspecified atom stereocenters. The van der Waals surface area contributed by atoms with Gasteiger partial charge in [-0.2, -0.15) is 27.8 Å². The summed E-state index contributed by atoms with van der Waals surface area (Å²) >= 11 is 0. The first kappa shape index (κ1) is 13.1. The van der Waals surface area contributed by atoms with Gasteiger partial charge in [0.1, 0.15) is 0 Å². The third-order valence-electron chi connectivity index (χ3n) is 3.81. The Balaban J connectivity index is 0.00000112. The molecule has 0 atom stereocenters. The van der Waals surface area contributed by atoms with Crippen LogP contribution in [0.5, 0.6) is 0 Å². The van der Waals surface area contributed by atoms with Crippen LogP contribution in [0.2, 0.25) is 0 Å². The number of hydrogen-bond acceptors (Lipinski definition) is 0. The largest absolute Gasteiger partial charge is 2.00 e. The maximum atomic E-state index is 2.34. The molecule has 0 nitrogen and oxygen atoms in total. The SMILES string of the molecule is CCc1c(C)c2c([c-]1CC)CCCC2.[Ti+2]. The van der Waals surface area contributed by atoms with E-state index in [1.165, 1.54) is 38.5 Å². The summed E-state index contributed by atoms with van der Waals surface area (Å²) in [5.74, 6) is 0. The third kappa shape index (κ3) is 2.12. The molecule has 1 aliphatic rings. The molecule has 0 N–H and O–H groups in total. The van der Waals surface area contributed by atoms with Crippen LogP contribution < -0.4 is 0 Å². The van der Waals surface area contributed by atoms with Crippen molar-refractivity contribution in [2.24, 2.45) is 0 Å². The molecule has 1 aliphatic carbocycles. The molecular weight excluding hydrogens is 216 g/mol. The molecule has 0 radical (unpaired) electrons. The van der Waals surface area contributed by atoms with E-state index in [9.17, 15) is 0 Å². The fraction of sp³-hybridized carbons (Fsp3) is 0.643. The molecular formula is C14H21Ti+. The molecule has 0 fully saturated rings. The number of hydrogen-bond donors (Lipinski definition) is 0. The molecule has 1 aromatic rings. The monoisotopic (exact) mass is 237 g/mol. The van der Waals surface area contributed by atoms with Crippen LogP contribution in [0.1, 0.15) is 54.5 Å². The second kappa shape index (κ2) is 5.41. The van der Waals surface area contributed by atoms with Crippen LogP contribution in [0.25, 0.3) is 0 Å². The average Bonchev–Trinajstić information content (AvgIpc) is 2.51. The van der Waals surface area contributed by atoms with Gasteiger partial charge in [-0.25, -0.2) is 0 Å². The molecule has 0 bridgehead atoms. The average molecular weight is 237 g/mol. The topological polar surface area (TPSA) is 0 Å². The van der Waals surface area contributed by atoms with E-state index >= 15 is 0 Å². The molecule has 0 amide bonds. The molecule has 1 aromatic carbocycles. The summed E-state index contributed by atoms with van der Waals surface area (Å²) in [4.78, 5) is 0. The first-order valence-electron chi connectivity index (χ1n) is 6.08. The summed E-state index contributed by atoms with van der Waals surface area (Å²) < 4.78 is 0. The van der Waals surface area contributed by atoms with Gasteiger partial charge in [0.15, 0.2) is 0 Å². The Kier molecular flexibility index (Phi) is 4.74.